The van der Waals surface area contributed by atoms with Crippen molar-refractivity contribution in [2.75, 3.05) is 26.7 Å². The molecule has 0 saturated carbocycles. The molecular formula is C14H18Cl2N2O3. The van der Waals surface area contributed by atoms with Gasteiger partial charge < -0.3 is 10.2 Å². The molecule has 1 aliphatic rings. The third kappa shape index (κ3) is 4.31. The highest BCUT2D eigenvalue weighted by molar-refractivity contribution is 6.35. The smallest absolute Gasteiger partial charge is 0.317 e. The van der Waals surface area contributed by atoms with E-state index in [2.05, 4.69) is 4.90 Å². The fraction of sp³-hybridized carbons (Fsp3) is 0.500. The highest BCUT2D eigenvalue weighted by Gasteiger charge is 2.34. The van der Waals surface area contributed by atoms with E-state index in [9.17, 15) is 9.90 Å². The largest absolute Gasteiger partial charge is 0.480 e. The molecule has 5 nitrogen and oxygen atoms in total. The van der Waals surface area contributed by atoms with Gasteiger partial charge in [-0.1, -0.05) is 29.3 Å². The lowest BCUT2D eigenvalue weighted by Crippen LogP contribution is -2.43. The van der Waals surface area contributed by atoms with Crippen LogP contribution in [0.2, 0.25) is 10.0 Å². The number of benzene rings is 1. The average Bonchev–Trinajstić information content (AvgIpc) is 2.73. The molecule has 1 aliphatic heterocycles. The van der Waals surface area contributed by atoms with Gasteiger partial charge in [-0.15, -0.1) is 0 Å². The van der Waals surface area contributed by atoms with Crippen LogP contribution in [0.3, 0.4) is 0 Å². The molecule has 0 unspecified atom stereocenters. The van der Waals surface area contributed by atoms with Crippen molar-refractivity contribution in [3.63, 3.8) is 0 Å². The molecule has 7 heteroatoms. The number of carbonyl (C=O) groups is 1. The first-order chi connectivity index (χ1) is 9.86. The average molecular weight is 333 g/mol. The van der Waals surface area contributed by atoms with Crippen LogP contribution in [0.1, 0.15) is 5.56 Å². The van der Waals surface area contributed by atoms with Crippen molar-refractivity contribution in [1.29, 1.82) is 0 Å². The second kappa shape index (κ2) is 6.94. The number of aliphatic hydroxyl groups is 1. The monoisotopic (exact) mass is 332 g/mol. The molecule has 0 aromatic heterocycles. The molecule has 1 fully saturated rings. The summed E-state index contributed by atoms with van der Waals surface area (Å²) in [5, 5.41) is 20.1. The van der Waals surface area contributed by atoms with Gasteiger partial charge in [0.25, 0.3) is 0 Å². The first-order valence-electron chi connectivity index (χ1n) is 6.63. The Hall–Kier alpha value is -0.850. The number of hydrogen-bond donors (Lipinski definition) is 2. The number of rotatable bonds is 5. The van der Waals surface area contributed by atoms with Gasteiger partial charge >= 0.3 is 5.97 Å². The maximum Gasteiger partial charge on any atom is 0.317 e. The van der Waals surface area contributed by atoms with Gasteiger partial charge in [-0.3, -0.25) is 14.6 Å². The Morgan fingerprint density at radius 3 is 2.76 bits per heavy atom. The number of carboxylic acid groups (broad SMARTS) is 1. The lowest BCUT2D eigenvalue weighted by molar-refractivity contribution is -0.138. The lowest BCUT2D eigenvalue weighted by atomic mass is 10.2. The van der Waals surface area contributed by atoms with Gasteiger partial charge in [0, 0.05) is 35.7 Å². The number of halogens is 2. The number of nitrogens with zero attached hydrogens (tertiary/aromatic N) is 2. The molecule has 1 saturated heterocycles. The van der Waals surface area contributed by atoms with Crippen LogP contribution in [0.25, 0.3) is 0 Å². The fourth-order valence-corrected chi connectivity index (χ4v) is 3.10. The Balaban J connectivity index is 1.99. The number of β-amino-alcohol motifs (C(OH)–C–C–N with tert-alkyl or cyclic N) is 1. The van der Waals surface area contributed by atoms with Crippen LogP contribution in [0.15, 0.2) is 18.2 Å². The Bertz CT molecular complexity index is 527. The summed E-state index contributed by atoms with van der Waals surface area (Å²) in [6.07, 6.45) is -0.569. The second-order valence-corrected chi connectivity index (χ2v) is 6.22. The van der Waals surface area contributed by atoms with E-state index in [1.807, 2.05) is 6.07 Å². The van der Waals surface area contributed by atoms with E-state index in [4.69, 9.17) is 28.3 Å². The number of likely N-dealkylation sites (N-methyl/N-ethyl adjacent to an activating group) is 1. The van der Waals surface area contributed by atoms with Gasteiger partial charge in [-0.2, -0.15) is 0 Å². The Kier molecular flexibility index (Phi) is 5.46. The summed E-state index contributed by atoms with van der Waals surface area (Å²) in [6, 6.07) is 5.15. The van der Waals surface area contributed by atoms with Gasteiger partial charge in [0.15, 0.2) is 0 Å². The highest BCUT2D eigenvalue weighted by Crippen LogP contribution is 2.24. The van der Waals surface area contributed by atoms with Gasteiger partial charge in [0.05, 0.1) is 12.6 Å². The predicted octanol–water partition coefficient (Wildman–Crippen LogP) is 1.55. The molecule has 0 radical (unpaired) electrons. The van der Waals surface area contributed by atoms with Gasteiger partial charge in [-0.25, -0.2) is 0 Å². The topological polar surface area (TPSA) is 64.0 Å². The summed E-state index contributed by atoms with van der Waals surface area (Å²) in [5.74, 6) is -0.899. The van der Waals surface area contributed by atoms with E-state index >= 15 is 0 Å². The number of likely N-dealkylation sites (tertiary alicyclic amines) is 1. The van der Waals surface area contributed by atoms with E-state index in [0.717, 1.165) is 5.56 Å². The molecule has 1 heterocycles. The van der Waals surface area contributed by atoms with Crippen molar-refractivity contribution in [1.82, 2.24) is 9.80 Å². The van der Waals surface area contributed by atoms with Crippen molar-refractivity contribution < 1.29 is 15.0 Å². The van der Waals surface area contributed by atoms with E-state index in [1.165, 1.54) is 0 Å². The molecule has 0 aliphatic carbocycles. The second-order valence-electron chi connectivity index (χ2n) is 5.37. The molecule has 21 heavy (non-hydrogen) atoms. The first kappa shape index (κ1) is 16.5. The molecule has 1 aromatic carbocycles. The summed E-state index contributed by atoms with van der Waals surface area (Å²) in [7, 11) is 1.71. The maximum absolute atomic E-state index is 10.8. The summed E-state index contributed by atoms with van der Waals surface area (Å²) in [4.78, 5) is 14.5. The van der Waals surface area contributed by atoms with Gasteiger partial charge in [0.1, 0.15) is 0 Å². The number of carboxylic acids is 1. The molecular weight excluding hydrogens is 315 g/mol. The zero-order valence-electron chi connectivity index (χ0n) is 11.7. The summed E-state index contributed by atoms with van der Waals surface area (Å²) >= 11 is 12.0. The van der Waals surface area contributed by atoms with Crippen molar-refractivity contribution in [2.45, 2.75) is 18.7 Å². The van der Waals surface area contributed by atoms with Crippen LogP contribution in [-0.2, 0) is 11.3 Å². The van der Waals surface area contributed by atoms with Crippen LogP contribution in [0.4, 0.5) is 0 Å². The number of aliphatic hydroxyl groups excluding tert-OH is 1. The van der Waals surface area contributed by atoms with Crippen molar-refractivity contribution in [3.8, 4) is 0 Å². The molecule has 2 N–H and O–H groups in total. The predicted molar refractivity (Wildman–Crippen MR) is 81.8 cm³/mol. The van der Waals surface area contributed by atoms with Gasteiger partial charge in [0.2, 0.25) is 0 Å². The van der Waals surface area contributed by atoms with E-state index in [0.29, 0.717) is 29.7 Å². The van der Waals surface area contributed by atoms with E-state index < -0.39 is 12.1 Å². The van der Waals surface area contributed by atoms with Crippen molar-refractivity contribution >= 4 is 29.2 Å². The Labute approximate surface area is 133 Å². The minimum atomic E-state index is -0.899. The third-order valence-corrected chi connectivity index (χ3v) is 4.28. The standard InChI is InChI=1S/C14H18Cl2N2O3/c1-17(8-14(20)21)12-6-18(7-13(12)19)5-9-2-3-10(15)4-11(9)16/h2-4,12-13,19H,5-8H2,1H3,(H,20,21)/t12-,13-/m1/s1. The normalized spacial score (nSPS) is 22.9. The van der Waals surface area contributed by atoms with Gasteiger partial charge in [-0.05, 0) is 24.7 Å². The van der Waals surface area contributed by atoms with Crippen LogP contribution >= 0.6 is 23.2 Å². The highest BCUT2D eigenvalue weighted by atomic mass is 35.5. The number of hydrogen-bond acceptors (Lipinski definition) is 4. The summed E-state index contributed by atoms with van der Waals surface area (Å²) < 4.78 is 0. The molecule has 2 rings (SSSR count). The quantitative estimate of drug-likeness (QED) is 0.856. The molecule has 0 amide bonds. The van der Waals surface area contributed by atoms with Crippen molar-refractivity contribution in [3.05, 3.63) is 33.8 Å². The zero-order valence-corrected chi connectivity index (χ0v) is 13.2. The van der Waals surface area contributed by atoms with Crippen molar-refractivity contribution in [2.24, 2.45) is 0 Å². The molecule has 0 bridgehead atoms. The van der Waals surface area contributed by atoms with E-state index in [-0.39, 0.29) is 12.6 Å². The minimum absolute atomic E-state index is 0.0860. The zero-order chi connectivity index (χ0) is 15.6. The third-order valence-electron chi connectivity index (χ3n) is 3.69. The maximum atomic E-state index is 10.8. The molecule has 1 aromatic rings. The minimum Gasteiger partial charge on any atom is -0.480 e. The van der Waals surface area contributed by atoms with Crippen LogP contribution in [-0.4, -0.2) is 64.8 Å². The van der Waals surface area contributed by atoms with Crippen LogP contribution in [0.5, 0.6) is 0 Å². The van der Waals surface area contributed by atoms with E-state index in [1.54, 1.807) is 24.1 Å². The Morgan fingerprint density at radius 2 is 2.14 bits per heavy atom. The summed E-state index contributed by atoms with van der Waals surface area (Å²) in [5.41, 5.74) is 0.940. The molecule has 0 spiro atoms. The molecule has 2 atom stereocenters. The molecule has 116 valence electrons. The summed E-state index contributed by atoms with van der Waals surface area (Å²) in [6.45, 7) is 1.61. The Morgan fingerprint density at radius 1 is 1.43 bits per heavy atom. The van der Waals surface area contributed by atoms with Crippen LogP contribution < -0.4 is 0 Å². The lowest BCUT2D eigenvalue weighted by Gasteiger charge is -2.24. The fourth-order valence-electron chi connectivity index (χ4n) is 2.63. The van der Waals surface area contributed by atoms with Crippen LogP contribution in [0, 0.1) is 0 Å². The first-order valence-corrected chi connectivity index (χ1v) is 7.39. The SMILES string of the molecule is CN(CC(=O)O)[C@@H]1CN(Cc2ccc(Cl)cc2Cl)C[C@H]1O. The number of aliphatic carboxylic acids is 1.